The van der Waals surface area contributed by atoms with Crippen LogP contribution < -0.4 is 16.2 Å². The molecule has 0 spiro atoms. The first-order valence-corrected chi connectivity index (χ1v) is 5.99. The van der Waals surface area contributed by atoms with E-state index in [9.17, 15) is 14.4 Å². The number of rotatable bonds is 5. The van der Waals surface area contributed by atoms with Crippen molar-refractivity contribution in [1.82, 2.24) is 16.2 Å². The predicted octanol–water partition coefficient (Wildman–Crippen LogP) is -0.756. The number of carboxylic acid groups (broad SMARTS) is 1. The monoisotopic (exact) mass is 257 g/mol. The van der Waals surface area contributed by atoms with E-state index in [0.717, 1.165) is 12.8 Å². The van der Waals surface area contributed by atoms with Crippen molar-refractivity contribution in [3.8, 4) is 0 Å². The van der Waals surface area contributed by atoms with E-state index in [1.807, 2.05) is 0 Å². The Morgan fingerprint density at radius 2 is 1.94 bits per heavy atom. The number of amides is 2. The molecule has 18 heavy (non-hydrogen) atoms. The van der Waals surface area contributed by atoms with Gasteiger partial charge in [0.05, 0.1) is 12.5 Å². The maximum atomic E-state index is 11.2. The first-order chi connectivity index (χ1) is 8.50. The van der Waals surface area contributed by atoms with Crippen LogP contribution in [0, 0.1) is 11.8 Å². The number of carboxylic acids is 1. The number of hydrogen-bond acceptors (Lipinski definition) is 4. The Kier molecular flexibility index (Phi) is 5.57. The smallest absolute Gasteiger partial charge is 0.306 e. The van der Waals surface area contributed by atoms with Gasteiger partial charge < -0.3 is 10.4 Å². The maximum absolute atomic E-state index is 11.2. The van der Waals surface area contributed by atoms with Crippen molar-refractivity contribution < 1.29 is 19.5 Å². The highest BCUT2D eigenvalue weighted by atomic mass is 16.4. The lowest BCUT2D eigenvalue weighted by atomic mass is 9.96. The second-order valence-corrected chi connectivity index (χ2v) is 4.50. The SMILES string of the molecule is CC(=O)NNC(=O)CNCC1CCCC1C(=O)O. The zero-order chi connectivity index (χ0) is 13.5. The van der Waals surface area contributed by atoms with Gasteiger partial charge in [0.25, 0.3) is 5.91 Å². The minimum absolute atomic E-state index is 0.0586. The van der Waals surface area contributed by atoms with Crippen LogP contribution in [0.4, 0.5) is 0 Å². The van der Waals surface area contributed by atoms with Crippen LogP contribution in [-0.4, -0.2) is 36.0 Å². The first kappa shape index (κ1) is 14.4. The molecule has 0 radical (unpaired) electrons. The van der Waals surface area contributed by atoms with Gasteiger partial charge in [-0.1, -0.05) is 6.42 Å². The van der Waals surface area contributed by atoms with Crippen LogP contribution in [0.1, 0.15) is 26.2 Å². The predicted molar refractivity (Wildman–Crippen MR) is 63.3 cm³/mol. The molecular weight excluding hydrogens is 238 g/mol. The maximum Gasteiger partial charge on any atom is 0.306 e. The Morgan fingerprint density at radius 1 is 1.22 bits per heavy atom. The highest BCUT2D eigenvalue weighted by Crippen LogP contribution is 2.31. The molecule has 0 aromatic heterocycles. The van der Waals surface area contributed by atoms with E-state index in [1.54, 1.807) is 0 Å². The Balaban J connectivity index is 2.19. The molecule has 1 aliphatic carbocycles. The summed E-state index contributed by atoms with van der Waals surface area (Å²) in [5.74, 6) is -1.69. The topological polar surface area (TPSA) is 108 Å². The number of hydrogen-bond donors (Lipinski definition) is 4. The number of nitrogens with one attached hydrogen (secondary N) is 3. The average Bonchev–Trinajstić information content (AvgIpc) is 2.74. The molecule has 1 aliphatic rings. The summed E-state index contributed by atoms with van der Waals surface area (Å²) in [6.45, 7) is 1.86. The van der Waals surface area contributed by atoms with Crippen molar-refractivity contribution in [1.29, 1.82) is 0 Å². The fourth-order valence-corrected chi connectivity index (χ4v) is 2.18. The van der Waals surface area contributed by atoms with Gasteiger partial charge in [0.2, 0.25) is 5.91 Å². The van der Waals surface area contributed by atoms with Gasteiger partial charge in [0, 0.05) is 6.92 Å². The third-order valence-electron chi connectivity index (χ3n) is 3.05. The summed E-state index contributed by atoms with van der Waals surface area (Å²) in [6, 6.07) is 0. The van der Waals surface area contributed by atoms with Crippen LogP contribution in [-0.2, 0) is 14.4 Å². The largest absolute Gasteiger partial charge is 0.481 e. The fraction of sp³-hybridized carbons (Fsp3) is 0.727. The van der Waals surface area contributed by atoms with Gasteiger partial charge in [-0.2, -0.15) is 0 Å². The number of hydrazine groups is 1. The zero-order valence-corrected chi connectivity index (χ0v) is 10.4. The van der Waals surface area contributed by atoms with E-state index in [-0.39, 0.29) is 30.2 Å². The standard InChI is InChI=1S/C11H19N3O4/c1-7(15)13-14-10(16)6-12-5-8-3-2-4-9(8)11(17)18/h8-9,12H,2-6H2,1H3,(H,13,15)(H,14,16)(H,17,18). The molecule has 0 aromatic carbocycles. The molecule has 0 aromatic rings. The minimum atomic E-state index is -0.762. The van der Waals surface area contributed by atoms with Crippen molar-refractivity contribution in [2.75, 3.05) is 13.1 Å². The summed E-state index contributed by atoms with van der Waals surface area (Å²) in [4.78, 5) is 32.7. The van der Waals surface area contributed by atoms with Crippen molar-refractivity contribution in [2.45, 2.75) is 26.2 Å². The Hall–Kier alpha value is -1.63. The van der Waals surface area contributed by atoms with E-state index < -0.39 is 5.97 Å². The Labute approximate surface area is 105 Å². The van der Waals surface area contributed by atoms with Crippen LogP contribution in [0.5, 0.6) is 0 Å². The lowest BCUT2D eigenvalue weighted by molar-refractivity contribution is -0.142. The summed E-state index contributed by atoms with van der Waals surface area (Å²) < 4.78 is 0. The number of carbonyl (C=O) groups excluding carboxylic acids is 2. The fourth-order valence-electron chi connectivity index (χ4n) is 2.18. The molecule has 0 bridgehead atoms. The third kappa shape index (κ3) is 4.70. The molecular formula is C11H19N3O4. The quantitative estimate of drug-likeness (QED) is 0.484. The molecule has 7 nitrogen and oxygen atoms in total. The molecule has 0 aliphatic heterocycles. The molecule has 1 rings (SSSR count). The molecule has 7 heteroatoms. The molecule has 1 saturated carbocycles. The molecule has 0 heterocycles. The highest BCUT2D eigenvalue weighted by molar-refractivity contribution is 5.81. The summed E-state index contributed by atoms with van der Waals surface area (Å²) in [6.07, 6.45) is 2.50. The van der Waals surface area contributed by atoms with Gasteiger partial charge in [-0.15, -0.1) is 0 Å². The normalized spacial score (nSPS) is 22.5. The van der Waals surface area contributed by atoms with Gasteiger partial charge in [-0.05, 0) is 25.3 Å². The van der Waals surface area contributed by atoms with Gasteiger partial charge in [-0.25, -0.2) is 0 Å². The zero-order valence-electron chi connectivity index (χ0n) is 10.4. The third-order valence-corrected chi connectivity index (χ3v) is 3.05. The van der Waals surface area contributed by atoms with Crippen molar-refractivity contribution in [3.05, 3.63) is 0 Å². The van der Waals surface area contributed by atoms with Gasteiger partial charge >= 0.3 is 5.97 Å². The van der Waals surface area contributed by atoms with E-state index in [4.69, 9.17) is 5.11 Å². The highest BCUT2D eigenvalue weighted by Gasteiger charge is 2.32. The molecule has 102 valence electrons. The number of carbonyl (C=O) groups is 3. The van der Waals surface area contributed by atoms with Gasteiger partial charge in [0.1, 0.15) is 0 Å². The summed E-state index contributed by atoms with van der Waals surface area (Å²) in [5, 5.41) is 11.9. The van der Waals surface area contributed by atoms with Crippen LogP contribution in [0.3, 0.4) is 0 Å². The molecule has 2 atom stereocenters. The van der Waals surface area contributed by atoms with Crippen molar-refractivity contribution in [2.24, 2.45) is 11.8 Å². The molecule has 1 fully saturated rings. The van der Waals surface area contributed by atoms with Gasteiger partial charge in [0.15, 0.2) is 0 Å². The van der Waals surface area contributed by atoms with E-state index >= 15 is 0 Å². The summed E-state index contributed by atoms with van der Waals surface area (Å²) in [7, 11) is 0. The lowest BCUT2D eigenvalue weighted by Gasteiger charge is -2.16. The average molecular weight is 257 g/mol. The number of aliphatic carboxylic acids is 1. The minimum Gasteiger partial charge on any atom is -0.481 e. The Bertz CT molecular complexity index is 332. The first-order valence-electron chi connectivity index (χ1n) is 5.99. The van der Waals surface area contributed by atoms with Crippen LogP contribution in [0.25, 0.3) is 0 Å². The molecule has 0 saturated heterocycles. The van der Waals surface area contributed by atoms with E-state index in [2.05, 4.69) is 16.2 Å². The summed E-state index contributed by atoms with van der Waals surface area (Å²) in [5.41, 5.74) is 4.40. The second-order valence-electron chi connectivity index (χ2n) is 4.50. The summed E-state index contributed by atoms with van der Waals surface area (Å²) >= 11 is 0. The van der Waals surface area contributed by atoms with Crippen molar-refractivity contribution in [3.63, 3.8) is 0 Å². The van der Waals surface area contributed by atoms with Crippen molar-refractivity contribution >= 4 is 17.8 Å². The van der Waals surface area contributed by atoms with E-state index in [0.29, 0.717) is 13.0 Å². The Morgan fingerprint density at radius 3 is 2.56 bits per heavy atom. The molecule has 4 N–H and O–H groups in total. The van der Waals surface area contributed by atoms with Crippen LogP contribution in [0.2, 0.25) is 0 Å². The van der Waals surface area contributed by atoms with E-state index in [1.165, 1.54) is 6.92 Å². The molecule has 2 unspecified atom stereocenters. The van der Waals surface area contributed by atoms with Crippen LogP contribution in [0.15, 0.2) is 0 Å². The van der Waals surface area contributed by atoms with Gasteiger partial charge in [-0.3, -0.25) is 25.2 Å². The van der Waals surface area contributed by atoms with Crippen LogP contribution >= 0.6 is 0 Å². The second kappa shape index (κ2) is 6.95. The molecule has 2 amide bonds. The lowest BCUT2D eigenvalue weighted by Crippen LogP contribution is -2.45.